The monoisotopic (exact) mass is 484 g/mol. The van der Waals surface area contributed by atoms with Gasteiger partial charge in [-0.25, -0.2) is 23.1 Å². The Kier molecular flexibility index (Phi) is 6.81. The molecule has 2 heterocycles. The molecule has 1 N–H and O–H groups in total. The van der Waals surface area contributed by atoms with E-state index in [9.17, 15) is 18.4 Å². The van der Waals surface area contributed by atoms with Gasteiger partial charge in [0.15, 0.2) is 5.65 Å². The number of nitrogens with one attached hydrogen (secondary N) is 1. The zero-order valence-electron chi connectivity index (χ0n) is 20.1. The second kappa shape index (κ2) is 9.66. The fraction of sp³-hybridized carbons (Fsp3) is 0.440. The van der Waals surface area contributed by atoms with Gasteiger partial charge in [-0.05, 0) is 46.9 Å². The molecule has 0 bridgehead atoms. The first-order valence-corrected chi connectivity index (χ1v) is 11.4. The molecule has 1 saturated carbocycles. The molecule has 1 aliphatic carbocycles. The third kappa shape index (κ3) is 5.00. The van der Waals surface area contributed by atoms with Crippen LogP contribution < -0.4 is 10.1 Å². The van der Waals surface area contributed by atoms with Crippen LogP contribution in [0.15, 0.2) is 24.3 Å². The maximum Gasteiger partial charge on any atom is 0.266 e. The summed E-state index contributed by atoms with van der Waals surface area (Å²) >= 11 is 0. The number of ether oxygens (including phenoxy) is 1. The van der Waals surface area contributed by atoms with Crippen molar-refractivity contribution < 1.29 is 17.9 Å². The summed E-state index contributed by atoms with van der Waals surface area (Å²) in [5.41, 5.74) is -0.195. The van der Waals surface area contributed by atoms with Crippen molar-refractivity contribution in [3.63, 3.8) is 0 Å². The molecule has 4 rings (SSSR count). The smallest absolute Gasteiger partial charge is 0.266 e. The van der Waals surface area contributed by atoms with E-state index in [2.05, 4.69) is 26.3 Å². The first-order chi connectivity index (χ1) is 16.6. The Morgan fingerprint density at radius 2 is 1.91 bits per heavy atom. The number of halogens is 3. The number of pyridine rings is 1. The topological polar surface area (TPSA) is 87.0 Å². The van der Waals surface area contributed by atoms with Gasteiger partial charge < -0.3 is 15.0 Å². The third-order valence-electron chi connectivity index (χ3n) is 6.13. The Balaban J connectivity index is 1.76. The average molecular weight is 485 g/mol. The van der Waals surface area contributed by atoms with E-state index < -0.39 is 29.3 Å². The minimum atomic E-state index is -2.91. The lowest BCUT2D eigenvalue weighted by molar-refractivity contribution is 0.146. The van der Waals surface area contributed by atoms with Crippen LogP contribution in [0.1, 0.15) is 54.7 Å². The number of nitriles is 1. The molecule has 1 atom stereocenters. The standard InChI is InChI=1S/C25H27F3N6O/c1-14(16-6-5-7-17(20(16)26)21(27)28)30-22-18-12-19(25(13-29)8-9-25)24(35-11-10-34(3)4)33-23(18)32-15(2)31-22/h5-7,12,14,21H,8-11H2,1-4H3,(H,30,31,32,33)/t14-/m1/s1. The third-order valence-corrected chi connectivity index (χ3v) is 6.13. The second-order valence-electron chi connectivity index (χ2n) is 9.09. The predicted octanol–water partition coefficient (Wildman–Crippen LogP) is 5.08. The van der Waals surface area contributed by atoms with E-state index in [1.54, 1.807) is 13.8 Å². The van der Waals surface area contributed by atoms with Gasteiger partial charge in [-0.3, -0.25) is 0 Å². The SMILES string of the molecule is Cc1nc(N[C@H](C)c2cccc(C(F)F)c2F)c2cc(C3(C#N)CC3)c(OCCN(C)C)nc2n1. The first kappa shape index (κ1) is 24.7. The van der Waals surface area contributed by atoms with Crippen molar-refractivity contribution in [3.8, 4) is 11.9 Å². The fourth-order valence-corrected chi connectivity index (χ4v) is 3.96. The molecule has 0 saturated heterocycles. The summed E-state index contributed by atoms with van der Waals surface area (Å²) in [4.78, 5) is 15.5. The highest BCUT2D eigenvalue weighted by Crippen LogP contribution is 2.51. The number of fused-ring (bicyclic) bond motifs is 1. The van der Waals surface area contributed by atoms with Crippen molar-refractivity contribution in [2.45, 2.75) is 44.6 Å². The molecule has 1 aliphatic rings. The number of benzene rings is 1. The van der Waals surface area contributed by atoms with Crippen LogP contribution in [-0.4, -0.2) is 47.1 Å². The van der Waals surface area contributed by atoms with E-state index in [1.807, 2.05) is 25.1 Å². The Morgan fingerprint density at radius 1 is 1.20 bits per heavy atom. The number of hydrogen-bond donors (Lipinski definition) is 1. The van der Waals surface area contributed by atoms with E-state index in [4.69, 9.17) is 4.74 Å². The molecule has 10 heteroatoms. The maximum absolute atomic E-state index is 14.8. The van der Waals surface area contributed by atoms with Crippen LogP contribution >= 0.6 is 0 Å². The van der Waals surface area contributed by atoms with Crippen LogP contribution in [-0.2, 0) is 5.41 Å². The number of likely N-dealkylation sites (N-methyl/N-ethyl adjacent to an activating group) is 1. The van der Waals surface area contributed by atoms with Gasteiger partial charge in [0, 0.05) is 17.7 Å². The van der Waals surface area contributed by atoms with Crippen LogP contribution in [0.5, 0.6) is 5.88 Å². The fourth-order valence-electron chi connectivity index (χ4n) is 3.96. The van der Waals surface area contributed by atoms with Crippen LogP contribution in [0.25, 0.3) is 11.0 Å². The molecular weight excluding hydrogens is 457 g/mol. The van der Waals surface area contributed by atoms with Crippen LogP contribution in [0.2, 0.25) is 0 Å². The number of hydrogen-bond acceptors (Lipinski definition) is 7. The zero-order valence-corrected chi connectivity index (χ0v) is 20.1. The average Bonchev–Trinajstić information content (AvgIpc) is 3.59. The molecule has 2 aromatic heterocycles. The highest BCUT2D eigenvalue weighted by molar-refractivity contribution is 5.88. The molecule has 1 aromatic carbocycles. The van der Waals surface area contributed by atoms with Gasteiger partial charge in [0.2, 0.25) is 5.88 Å². The quantitative estimate of drug-likeness (QED) is 0.453. The zero-order chi connectivity index (χ0) is 25.3. The number of rotatable bonds is 9. The highest BCUT2D eigenvalue weighted by atomic mass is 19.3. The van der Waals surface area contributed by atoms with Gasteiger partial charge >= 0.3 is 0 Å². The predicted molar refractivity (Wildman–Crippen MR) is 126 cm³/mol. The largest absolute Gasteiger partial charge is 0.476 e. The van der Waals surface area contributed by atoms with Crippen molar-refractivity contribution in [1.29, 1.82) is 5.26 Å². The van der Waals surface area contributed by atoms with Gasteiger partial charge in [0.1, 0.15) is 24.1 Å². The number of aromatic nitrogens is 3. The lowest BCUT2D eigenvalue weighted by Crippen LogP contribution is -2.21. The molecule has 1 fully saturated rings. The molecule has 0 spiro atoms. The minimum absolute atomic E-state index is 0.0970. The van der Waals surface area contributed by atoms with Gasteiger partial charge in [-0.1, -0.05) is 18.2 Å². The number of alkyl halides is 2. The number of anilines is 1. The molecule has 7 nitrogen and oxygen atoms in total. The second-order valence-corrected chi connectivity index (χ2v) is 9.09. The summed E-state index contributed by atoms with van der Waals surface area (Å²) in [6.07, 6.45) is -1.53. The molecule has 35 heavy (non-hydrogen) atoms. The van der Waals surface area contributed by atoms with E-state index in [-0.39, 0.29) is 5.56 Å². The van der Waals surface area contributed by atoms with Crippen LogP contribution in [0.3, 0.4) is 0 Å². The summed E-state index contributed by atoms with van der Waals surface area (Å²) in [6, 6.07) is 7.46. The van der Waals surface area contributed by atoms with Crippen LogP contribution in [0.4, 0.5) is 19.0 Å². The maximum atomic E-state index is 14.8. The minimum Gasteiger partial charge on any atom is -0.476 e. The van der Waals surface area contributed by atoms with E-state index >= 15 is 0 Å². The van der Waals surface area contributed by atoms with Crippen molar-refractivity contribution in [2.75, 3.05) is 32.6 Å². The first-order valence-electron chi connectivity index (χ1n) is 11.4. The molecule has 3 aromatic rings. The molecule has 184 valence electrons. The highest BCUT2D eigenvalue weighted by Gasteiger charge is 2.48. The van der Waals surface area contributed by atoms with Crippen molar-refractivity contribution in [1.82, 2.24) is 19.9 Å². The van der Waals surface area contributed by atoms with E-state index in [1.165, 1.54) is 12.1 Å². The van der Waals surface area contributed by atoms with Gasteiger partial charge in [0.25, 0.3) is 6.43 Å². The van der Waals surface area contributed by atoms with Crippen LogP contribution in [0, 0.1) is 24.1 Å². The lowest BCUT2D eigenvalue weighted by Gasteiger charge is -2.20. The molecule has 0 aliphatic heterocycles. The summed E-state index contributed by atoms with van der Waals surface area (Å²) < 4.78 is 47.1. The van der Waals surface area contributed by atoms with Gasteiger partial charge in [-0.2, -0.15) is 10.2 Å². The summed E-state index contributed by atoms with van der Waals surface area (Å²) in [6.45, 7) is 4.44. The molecular formula is C25H27F3N6O. The Hall–Kier alpha value is -3.45. The summed E-state index contributed by atoms with van der Waals surface area (Å²) in [5, 5.41) is 13.5. The van der Waals surface area contributed by atoms with Crippen molar-refractivity contribution in [2.24, 2.45) is 0 Å². The normalized spacial score (nSPS) is 15.3. The molecule has 0 unspecified atom stereocenters. The Labute approximate surface area is 202 Å². The summed E-state index contributed by atoms with van der Waals surface area (Å²) in [7, 11) is 3.87. The van der Waals surface area contributed by atoms with E-state index in [0.29, 0.717) is 60.1 Å². The van der Waals surface area contributed by atoms with Gasteiger partial charge in [-0.15, -0.1) is 0 Å². The van der Waals surface area contributed by atoms with Gasteiger partial charge in [0.05, 0.1) is 28.5 Å². The van der Waals surface area contributed by atoms with Crippen molar-refractivity contribution >= 4 is 16.9 Å². The Bertz CT molecular complexity index is 1290. The Morgan fingerprint density at radius 3 is 2.54 bits per heavy atom. The summed E-state index contributed by atoms with van der Waals surface area (Å²) in [5.74, 6) is 0.222. The molecule has 0 amide bonds. The van der Waals surface area contributed by atoms with E-state index in [0.717, 1.165) is 6.07 Å². The molecule has 0 radical (unpaired) electrons. The van der Waals surface area contributed by atoms with Crippen molar-refractivity contribution in [3.05, 3.63) is 52.6 Å². The number of nitrogens with zero attached hydrogens (tertiary/aromatic N) is 5. The number of aryl methyl sites for hydroxylation is 1. The lowest BCUT2D eigenvalue weighted by atomic mass is 9.97.